The quantitative estimate of drug-likeness (QED) is 0.308. The number of sulfonamides is 1. The topological polar surface area (TPSA) is 86.8 Å². The minimum Gasteiger partial charge on any atom is -0.354 e. The maximum atomic E-state index is 13.9. The molecule has 7 nitrogen and oxygen atoms in total. The molecule has 39 heavy (non-hydrogen) atoms. The number of benzene rings is 3. The molecule has 0 aliphatic carbocycles. The molecule has 0 heterocycles. The van der Waals surface area contributed by atoms with E-state index in [0.717, 1.165) is 21.9 Å². The Kier molecular flexibility index (Phi) is 10.4. The van der Waals surface area contributed by atoms with Crippen molar-refractivity contribution in [3.63, 3.8) is 0 Å². The Morgan fingerprint density at radius 1 is 0.923 bits per heavy atom. The number of halogens is 2. The van der Waals surface area contributed by atoms with Gasteiger partial charge in [-0.15, -0.1) is 0 Å². The van der Waals surface area contributed by atoms with E-state index in [9.17, 15) is 18.0 Å². The number of anilines is 1. The highest BCUT2D eigenvalue weighted by Crippen LogP contribution is 2.30. The molecule has 1 N–H and O–H groups in total. The SMILES string of the molecule is CCCNC(=O)[C@@H](C)N(Cc1ccc(Cl)cc1)C(=O)CN(c1cc(Cl)ccc1C)S(=O)(=O)c1ccc(C)cc1. The molecular weight excluding hydrogens is 557 g/mol. The van der Waals surface area contributed by atoms with Crippen molar-refractivity contribution in [3.05, 3.63) is 93.5 Å². The molecule has 0 fully saturated rings. The Bertz CT molecular complexity index is 1410. The van der Waals surface area contributed by atoms with Crippen LogP contribution in [0.2, 0.25) is 10.0 Å². The van der Waals surface area contributed by atoms with Gasteiger partial charge in [0.05, 0.1) is 10.6 Å². The van der Waals surface area contributed by atoms with E-state index in [2.05, 4.69) is 5.32 Å². The molecule has 0 aromatic heterocycles. The summed E-state index contributed by atoms with van der Waals surface area (Å²) in [6, 6.07) is 17.4. The highest BCUT2D eigenvalue weighted by atomic mass is 35.5. The van der Waals surface area contributed by atoms with Gasteiger partial charge in [0.15, 0.2) is 0 Å². The van der Waals surface area contributed by atoms with Gasteiger partial charge in [0, 0.05) is 23.1 Å². The number of nitrogens with one attached hydrogen (secondary N) is 1. The molecule has 0 saturated carbocycles. The number of hydrogen-bond donors (Lipinski definition) is 1. The van der Waals surface area contributed by atoms with Crippen molar-refractivity contribution in [2.75, 3.05) is 17.4 Å². The van der Waals surface area contributed by atoms with Crippen LogP contribution in [0.4, 0.5) is 5.69 Å². The van der Waals surface area contributed by atoms with Crippen LogP contribution < -0.4 is 9.62 Å². The number of aryl methyl sites for hydroxylation is 2. The lowest BCUT2D eigenvalue weighted by Crippen LogP contribution is -2.51. The number of amides is 2. The van der Waals surface area contributed by atoms with Crippen LogP contribution in [0.5, 0.6) is 0 Å². The molecule has 3 aromatic rings. The molecule has 3 aromatic carbocycles. The highest BCUT2D eigenvalue weighted by Gasteiger charge is 2.33. The molecule has 2 amide bonds. The van der Waals surface area contributed by atoms with E-state index in [4.69, 9.17) is 23.2 Å². The van der Waals surface area contributed by atoms with Gasteiger partial charge in [-0.2, -0.15) is 0 Å². The Labute approximate surface area is 240 Å². The highest BCUT2D eigenvalue weighted by molar-refractivity contribution is 7.92. The smallest absolute Gasteiger partial charge is 0.264 e. The number of carbonyl (C=O) groups excluding carboxylic acids is 2. The lowest BCUT2D eigenvalue weighted by molar-refractivity contribution is -0.139. The molecule has 3 rings (SSSR count). The maximum Gasteiger partial charge on any atom is 0.264 e. The third-order valence-electron chi connectivity index (χ3n) is 6.31. The Hall–Kier alpha value is -3.07. The molecule has 0 bridgehead atoms. The van der Waals surface area contributed by atoms with E-state index in [1.54, 1.807) is 62.4 Å². The molecule has 208 valence electrons. The molecule has 0 aliphatic rings. The molecule has 0 radical (unpaired) electrons. The van der Waals surface area contributed by atoms with Gasteiger partial charge in [-0.25, -0.2) is 8.42 Å². The van der Waals surface area contributed by atoms with Gasteiger partial charge in [0.2, 0.25) is 11.8 Å². The standard InChI is InChI=1S/C29H33Cl2N3O4S/c1-5-16-32-29(36)22(4)33(18-23-9-12-24(30)13-10-23)28(35)19-34(27-17-25(31)11-8-21(27)3)39(37,38)26-14-6-20(2)7-15-26/h6-15,17,22H,5,16,18-19H2,1-4H3,(H,32,36)/t22-/m1/s1. The minimum absolute atomic E-state index is 0.0401. The molecule has 0 unspecified atom stereocenters. The van der Waals surface area contributed by atoms with Gasteiger partial charge in [-0.05, 0) is 74.7 Å². The lowest BCUT2D eigenvalue weighted by atomic mass is 10.1. The van der Waals surface area contributed by atoms with E-state index in [0.29, 0.717) is 22.2 Å². The van der Waals surface area contributed by atoms with Crippen LogP contribution in [0.25, 0.3) is 0 Å². The van der Waals surface area contributed by atoms with Crippen LogP contribution in [0.15, 0.2) is 71.6 Å². The molecule has 1 atom stereocenters. The number of carbonyl (C=O) groups is 2. The monoisotopic (exact) mass is 589 g/mol. The first kappa shape index (κ1) is 30.5. The summed E-state index contributed by atoms with van der Waals surface area (Å²) in [5.74, 6) is -0.870. The van der Waals surface area contributed by atoms with Crippen molar-refractivity contribution in [1.29, 1.82) is 0 Å². The fourth-order valence-electron chi connectivity index (χ4n) is 3.97. The predicted octanol–water partition coefficient (Wildman–Crippen LogP) is 5.75. The minimum atomic E-state index is -4.17. The van der Waals surface area contributed by atoms with E-state index >= 15 is 0 Å². The maximum absolute atomic E-state index is 13.9. The van der Waals surface area contributed by atoms with Crippen LogP contribution in [-0.2, 0) is 26.2 Å². The summed E-state index contributed by atoms with van der Waals surface area (Å²) >= 11 is 12.3. The summed E-state index contributed by atoms with van der Waals surface area (Å²) in [5.41, 5.74) is 2.55. The largest absolute Gasteiger partial charge is 0.354 e. The van der Waals surface area contributed by atoms with Crippen molar-refractivity contribution in [2.24, 2.45) is 0 Å². The average Bonchev–Trinajstić information content (AvgIpc) is 2.91. The molecular formula is C29H33Cl2N3O4S. The van der Waals surface area contributed by atoms with E-state index in [1.807, 2.05) is 13.8 Å². The molecule has 0 aliphatic heterocycles. The summed E-state index contributed by atoms with van der Waals surface area (Å²) < 4.78 is 28.9. The van der Waals surface area contributed by atoms with E-state index < -0.39 is 28.5 Å². The van der Waals surface area contributed by atoms with E-state index in [1.165, 1.54) is 23.1 Å². The van der Waals surface area contributed by atoms with Crippen LogP contribution in [0.3, 0.4) is 0 Å². The van der Waals surface area contributed by atoms with Crippen LogP contribution >= 0.6 is 23.2 Å². The average molecular weight is 591 g/mol. The summed E-state index contributed by atoms with van der Waals surface area (Å²) in [6.45, 7) is 7.19. The van der Waals surface area contributed by atoms with Gasteiger partial charge >= 0.3 is 0 Å². The fraction of sp³-hybridized carbons (Fsp3) is 0.310. The Balaban J connectivity index is 2.05. The normalized spacial score (nSPS) is 12.1. The van der Waals surface area contributed by atoms with Gasteiger partial charge in [0.25, 0.3) is 10.0 Å². The van der Waals surface area contributed by atoms with Crippen LogP contribution in [0.1, 0.15) is 37.0 Å². The van der Waals surface area contributed by atoms with Crippen molar-refractivity contribution >= 4 is 50.7 Å². The number of hydrogen-bond acceptors (Lipinski definition) is 4. The van der Waals surface area contributed by atoms with Gasteiger partial charge < -0.3 is 10.2 Å². The first-order valence-electron chi connectivity index (χ1n) is 12.6. The number of rotatable bonds is 11. The van der Waals surface area contributed by atoms with E-state index in [-0.39, 0.29) is 23.0 Å². The van der Waals surface area contributed by atoms with Crippen LogP contribution in [-0.4, -0.2) is 44.3 Å². The zero-order valence-electron chi connectivity index (χ0n) is 22.4. The summed E-state index contributed by atoms with van der Waals surface area (Å²) in [6.07, 6.45) is 0.736. The van der Waals surface area contributed by atoms with Crippen molar-refractivity contribution in [1.82, 2.24) is 10.2 Å². The van der Waals surface area contributed by atoms with Crippen LogP contribution in [0, 0.1) is 13.8 Å². The zero-order chi connectivity index (χ0) is 28.7. The van der Waals surface area contributed by atoms with Gasteiger partial charge in [-0.1, -0.05) is 66.0 Å². The Morgan fingerprint density at radius 2 is 1.54 bits per heavy atom. The first-order chi connectivity index (χ1) is 18.4. The third-order valence-corrected chi connectivity index (χ3v) is 8.57. The van der Waals surface area contributed by atoms with Crippen molar-refractivity contribution in [3.8, 4) is 0 Å². The summed E-state index contributed by atoms with van der Waals surface area (Å²) in [4.78, 5) is 28.3. The lowest BCUT2D eigenvalue weighted by Gasteiger charge is -2.32. The third kappa shape index (κ3) is 7.75. The second-order valence-electron chi connectivity index (χ2n) is 9.37. The van der Waals surface area contributed by atoms with Gasteiger partial charge in [-0.3, -0.25) is 13.9 Å². The number of nitrogens with zero attached hydrogens (tertiary/aromatic N) is 2. The Morgan fingerprint density at radius 3 is 2.15 bits per heavy atom. The fourth-order valence-corrected chi connectivity index (χ4v) is 5.73. The predicted molar refractivity (Wildman–Crippen MR) is 157 cm³/mol. The van der Waals surface area contributed by atoms with Crippen molar-refractivity contribution < 1.29 is 18.0 Å². The molecule has 0 saturated heterocycles. The second-order valence-corrected chi connectivity index (χ2v) is 12.1. The van der Waals surface area contributed by atoms with Crippen molar-refractivity contribution in [2.45, 2.75) is 51.6 Å². The summed E-state index contributed by atoms with van der Waals surface area (Å²) in [7, 11) is -4.17. The first-order valence-corrected chi connectivity index (χ1v) is 14.8. The zero-order valence-corrected chi connectivity index (χ0v) is 24.8. The summed E-state index contributed by atoms with van der Waals surface area (Å²) in [5, 5.41) is 3.69. The van der Waals surface area contributed by atoms with Gasteiger partial charge in [0.1, 0.15) is 12.6 Å². The molecule has 0 spiro atoms. The molecule has 10 heteroatoms. The second kappa shape index (κ2) is 13.3.